The molecule has 3 aromatic heterocycles. The van der Waals surface area contributed by atoms with Gasteiger partial charge in [-0.3, -0.25) is 14.2 Å². The van der Waals surface area contributed by atoms with Crippen molar-refractivity contribution in [3.63, 3.8) is 0 Å². The predicted octanol–water partition coefficient (Wildman–Crippen LogP) is 4.06. The lowest BCUT2D eigenvalue weighted by Gasteiger charge is -2.33. The van der Waals surface area contributed by atoms with E-state index in [0.29, 0.717) is 40.9 Å². The van der Waals surface area contributed by atoms with Gasteiger partial charge in [0.25, 0.3) is 5.56 Å². The van der Waals surface area contributed by atoms with Crippen molar-refractivity contribution >= 4 is 51.6 Å². The van der Waals surface area contributed by atoms with Crippen LogP contribution in [0.5, 0.6) is 5.75 Å². The number of anilines is 2. The Balaban J connectivity index is 1.37. The number of amides is 1. The maximum absolute atomic E-state index is 15.3. The van der Waals surface area contributed by atoms with Gasteiger partial charge in [0.2, 0.25) is 5.91 Å². The van der Waals surface area contributed by atoms with Crippen molar-refractivity contribution in [1.82, 2.24) is 24.0 Å². The first-order chi connectivity index (χ1) is 19.6. The number of piperazine rings is 1. The average Bonchev–Trinajstić information content (AvgIpc) is 3.57. The largest absolute Gasteiger partial charge is 0.506 e. The number of nitrogens with one attached hydrogen (secondary N) is 1. The van der Waals surface area contributed by atoms with E-state index in [2.05, 4.69) is 27.1 Å². The van der Waals surface area contributed by atoms with E-state index >= 15 is 4.39 Å². The van der Waals surface area contributed by atoms with Crippen molar-refractivity contribution in [2.45, 2.75) is 32.9 Å². The van der Waals surface area contributed by atoms with Gasteiger partial charge >= 0.3 is 0 Å². The number of hydrogen-bond acceptors (Lipinski definition) is 7. The summed E-state index contributed by atoms with van der Waals surface area (Å²) in [5, 5.41) is 13.0. The second-order valence-corrected chi connectivity index (χ2v) is 11.3. The molecule has 0 unspecified atom stereocenters. The van der Waals surface area contributed by atoms with Gasteiger partial charge in [-0.1, -0.05) is 23.2 Å². The molecule has 2 N–H and O–H groups in total. The molecule has 2 aliphatic rings. The number of phenols is 1. The molecule has 0 radical (unpaired) electrons. The fourth-order valence-corrected chi connectivity index (χ4v) is 5.87. The van der Waals surface area contributed by atoms with Crippen molar-refractivity contribution in [3.05, 3.63) is 62.1 Å². The summed E-state index contributed by atoms with van der Waals surface area (Å²) in [5.41, 5.74) is 1.01. The Morgan fingerprint density at radius 3 is 2.66 bits per heavy atom. The zero-order chi connectivity index (χ0) is 29.0. The van der Waals surface area contributed by atoms with Crippen LogP contribution < -0.4 is 15.8 Å². The van der Waals surface area contributed by atoms with E-state index in [-0.39, 0.29) is 40.0 Å². The fraction of sp³-hybridized carbons (Fsp3) is 0.357. The lowest BCUT2D eigenvalue weighted by Crippen LogP contribution is -2.44. The van der Waals surface area contributed by atoms with Gasteiger partial charge in [0.15, 0.2) is 5.82 Å². The molecular weight excluding hydrogens is 572 g/mol. The highest BCUT2D eigenvalue weighted by molar-refractivity contribution is 6.33. The van der Waals surface area contributed by atoms with Crippen molar-refractivity contribution in [3.8, 4) is 16.9 Å². The van der Waals surface area contributed by atoms with E-state index in [9.17, 15) is 14.7 Å². The maximum Gasteiger partial charge on any atom is 0.263 e. The molecule has 10 nitrogen and oxygen atoms in total. The first kappa shape index (κ1) is 27.5. The van der Waals surface area contributed by atoms with E-state index in [1.165, 1.54) is 23.0 Å². The average molecular weight is 600 g/mol. The number of carbonyl (C=O) groups is 1. The van der Waals surface area contributed by atoms with Crippen LogP contribution in [0.15, 0.2) is 29.3 Å². The normalized spacial score (nSPS) is 15.5. The topological polar surface area (TPSA) is 109 Å². The van der Waals surface area contributed by atoms with E-state index < -0.39 is 16.7 Å². The lowest BCUT2D eigenvalue weighted by molar-refractivity contribution is -0.116. The second kappa shape index (κ2) is 10.6. The molecule has 0 bridgehead atoms. The van der Waals surface area contributed by atoms with Gasteiger partial charge in [-0.2, -0.15) is 0 Å². The molecule has 4 aromatic rings. The molecule has 0 saturated carbocycles. The Kier molecular flexibility index (Phi) is 7.13. The van der Waals surface area contributed by atoms with E-state index in [1.54, 1.807) is 17.6 Å². The molecule has 13 heteroatoms. The third-order valence-electron chi connectivity index (χ3n) is 7.76. The van der Waals surface area contributed by atoms with Crippen molar-refractivity contribution in [2.24, 2.45) is 0 Å². The molecule has 0 spiro atoms. The number of aryl methyl sites for hydroxylation is 2. The third kappa shape index (κ3) is 4.92. The monoisotopic (exact) mass is 599 g/mol. The number of phenolic OH excluding ortho intramolecular Hbond substituents is 1. The summed E-state index contributed by atoms with van der Waals surface area (Å²) in [6.45, 7) is 5.31. The molecule has 6 rings (SSSR count). The van der Waals surface area contributed by atoms with E-state index in [1.807, 2.05) is 0 Å². The molecule has 5 heterocycles. The zero-order valence-corrected chi connectivity index (χ0v) is 24.1. The Bertz CT molecular complexity index is 1760. The number of likely N-dealkylation sites (N-methyl/N-ethyl adjacent to an activating group) is 1. The smallest absolute Gasteiger partial charge is 0.263 e. The number of aromatic hydroxyl groups is 1. The molecular formula is C28H28Cl2FN7O3. The second-order valence-electron chi connectivity index (χ2n) is 10.5. The van der Waals surface area contributed by atoms with Crippen molar-refractivity contribution in [1.29, 1.82) is 0 Å². The van der Waals surface area contributed by atoms with Gasteiger partial charge in [0.1, 0.15) is 34.6 Å². The Morgan fingerprint density at radius 2 is 1.90 bits per heavy atom. The van der Waals surface area contributed by atoms with E-state index in [0.717, 1.165) is 32.6 Å². The van der Waals surface area contributed by atoms with Crippen LogP contribution in [0.1, 0.15) is 17.8 Å². The van der Waals surface area contributed by atoms with Crippen LogP contribution in [-0.4, -0.2) is 68.2 Å². The van der Waals surface area contributed by atoms with Crippen molar-refractivity contribution < 1.29 is 14.3 Å². The Morgan fingerprint density at radius 1 is 1.15 bits per heavy atom. The molecule has 1 saturated heterocycles. The molecule has 2 aliphatic heterocycles. The van der Waals surface area contributed by atoms with Crippen LogP contribution in [0, 0.1) is 12.7 Å². The lowest BCUT2D eigenvalue weighted by atomic mass is 10.0. The van der Waals surface area contributed by atoms with Gasteiger partial charge in [-0.05, 0) is 32.0 Å². The van der Waals surface area contributed by atoms with Gasteiger partial charge in [-0.25, -0.2) is 14.4 Å². The number of hydrogen-bond donors (Lipinski definition) is 2. The SMILES string of the molecule is Cc1cc(-c2cn(CC(=O)Nc3cc(N4CCN(C)CC4)ncc3Cl)c3nc4n(c(=O)c23)CCC4)c(F)c(Cl)c1O. The summed E-state index contributed by atoms with van der Waals surface area (Å²) < 4.78 is 18.5. The minimum absolute atomic E-state index is 0.0425. The molecule has 0 aliphatic carbocycles. The Hall–Kier alpha value is -3.67. The van der Waals surface area contributed by atoms with Gasteiger partial charge in [-0.15, -0.1) is 0 Å². The summed E-state index contributed by atoms with van der Waals surface area (Å²) in [6.07, 6.45) is 4.43. The molecule has 0 atom stereocenters. The van der Waals surface area contributed by atoms with Crippen LogP contribution in [0.25, 0.3) is 22.2 Å². The van der Waals surface area contributed by atoms with Gasteiger partial charge < -0.3 is 24.8 Å². The highest BCUT2D eigenvalue weighted by atomic mass is 35.5. The molecule has 1 amide bonds. The first-order valence-electron chi connectivity index (χ1n) is 13.3. The quantitative estimate of drug-likeness (QED) is 0.356. The number of fused-ring (bicyclic) bond motifs is 2. The van der Waals surface area contributed by atoms with Gasteiger partial charge in [0.05, 0.1) is 22.3 Å². The van der Waals surface area contributed by atoms with E-state index in [4.69, 9.17) is 28.2 Å². The van der Waals surface area contributed by atoms with Crippen LogP contribution in [0.2, 0.25) is 10.0 Å². The number of rotatable bonds is 5. The maximum atomic E-state index is 15.3. The summed E-state index contributed by atoms with van der Waals surface area (Å²) >= 11 is 12.5. The Labute approximate surface area is 244 Å². The first-order valence-corrected chi connectivity index (χ1v) is 14.1. The number of nitrogens with zero attached hydrogens (tertiary/aromatic N) is 6. The molecule has 1 fully saturated rings. The summed E-state index contributed by atoms with van der Waals surface area (Å²) in [7, 11) is 2.07. The highest BCUT2D eigenvalue weighted by Crippen LogP contribution is 2.39. The minimum atomic E-state index is -0.858. The van der Waals surface area contributed by atoms with Crippen LogP contribution in [0.3, 0.4) is 0 Å². The number of benzene rings is 1. The van der Waals surface area contributed by atoms with Crippen LogP contribution in [0.4, 0.5) is 15.9 Å². The standard InChI is InChI=1S/C28H28Cl2FN7O3/c1-15-10-16(25(31)24(30)26(15)40)17-13-37(27-23(17)28(41)38-5-3-4-20(38)34-27)14-22(39)33-19-11-21(32-12-18(19)29)36-8-6-35(2)7-9-36/h10-13,40H,3-9,14H2,1-2H3,(H,32,33,39). The number of pyridine rings is 1. The number of halogens is 3. The van der Waals surface area contributed by atoms with Crippen molar-refractivity contribution in [2.75, 3.05) is 43.4 Å². The zero-order valence-electron chi connectivity index (χ0n) is 22.5. The summed E-state index contributed by atoms with van der Waals surface area (Å²) in [6, 6.07) is 3.18. The molecule has 41 heavy (non-hydrogen) atoms. The summed E-state index contributed by atoms with van der Waals surface area (Å²) in [5.74, 6) is -0.302. The minimum Gasteiger partial charge on any atom is -0.506 e. The van der Waals surface area contributed by atoms with Crippen LogP contribution >= 0.6 is 23.2 Å². The molecule has 1 aromatic carbocycles. The van der Waals surface area contributed by atoms with Crippen LogP contribution in [-0.2, 0) is 24.3 Å². The number of carbonyl (C=O) groups excluding carboxylic acids is 1. The molecule has 214 valence electrons. The fourth-order valence-electron chi connectivity index (χ4n) is 5.47. The van der Waals surface area contributed by atoms with Gasteiger partial charge in [0, 0.05) is 62.5 Å². The summed E-state index contributed by atoms with van der Waals surface area (Å²) in [4.78, 5) is 40.4. The number of aromatic nitrogens is 4. The third-order valence-corrected chi connectivity index (χ3v) is 8.40. The highest BCUT2D eigenvalue weighted by Gasteiger charge is 2.26. The predicted molar refractivity (Wildman–Crippen MR) is 157 cm³/mol.